The third-order valence-corrected chi connectivity index (χ3v) is 0.843. The van der Waals surface area contributed by atoms with Gasteiger partial charge < -0.3 is 22.6 Å². The lowest BCUT2D eigenvalue weighted by Crippen LogP contribution is -3.00. The van der Waals surface area contributed by atoms with Gasteiger partial charge in [0, 0.05) is 6.54 Å². The molecule has 3 heteroatoms. The van der Waals surface area contributed by atoms with Crippen molar-refractivity contribution in [3.63, 3.8) is 0 Å². The second-order valence-corrected chi connectivity index (χ2v) is 3.29. The Morgan fingerprint density at radius 1 is 1.17 bits per heavy atom. The van der Waals surface area contributed by atoms with Gasteiger partial charge in [-0.1, -0.05) is 12.7 Å². The quantitative estimate of drug-likeness (QED) is 0.407. The van der Waals surface area contributed by atoms with E-state index in [1.54, 1.807) is 6.08 Å². The molecule has 0 aliphatic heterocycles. The monoisotopic (exact) mass is 192 g/mol. The van der Waals surface area contributed by atoms with Crippen molar-refractivity contribution in [2.45, 2.75) is 0 Å². The molecule has 0 saturated heterocycles. The first kappa shape index (κ1) is 17.7. The molecule has 2 nitrogen and oxygen atoms in total. The van der Waals surface area contributed by atoms with E-state index in [2.05, 4.69) is 34.3 Å². The van der Waals surface area contributed by atoms with Crippen molar-refractivity contribution in [2.75, 3.05) is 34.2 Å². The minimum atomic E-state index is 0. The summed E-state index contributed by atoms with van der Waals surface area (Å²) in [5.41, 5.74) is 4.91. The topological polar surface area (TPSA) is 26.0 Å². The summed E-state index contributed by atoms with van der Waals surface area (Å²) in [4.78, 5) is 0. The molecule has 0 aliphatic rings. The minimum Gasteiger partial charge on any atom is -1.00 e. The van der Waals surface area contributed by atoms with E-state index in [0.29, 0.717) is 6.54 Å². The van der Waals surface area contributed by atoms with Crippen molar-refractivity contribution >= 4 is 0 Å². The average molecular weight is 193 g/mol. The largest absolute Gasteiger partial charge is 1.00 e. The highest BCUT2D eigenvalue weighted by molar-refractivity contribution is 4.64. The predicted octanol–water partition coefficient (Wildman–Crippen LogP) is -1.99. The van der Waals surface area contributed by atoms with Crippen molar-refractivity contribution in [3.8, 4) is 0 Å². The van der Waals surface area contributed by atoms with Gasteiger partial charge >= 0.3 is 0 Å². The fraction of sp³-hybridized carbons (Fsp3) is 0.556. The molecule has 0 aliphatic carbocycles. The highest BCUT2D eigenvalue weighted by Gasteiger charge is 1.99. The number of nitrogens with two attached hydrogens (primary N) is 1. The van der Waals surface area contributed by atoms with Crippen LogP contribution in [0.25, 0.3) is 0 Å². The lowest BCUT2D eigenvalue weighted by Gasteiger charge is -2.21. The van der Waals surface area contributed by atoms with Crippen LogP contribution in [0.2, 0.25) is 0 Å². The van der Waals surface area contributed by atoms with E-state index >= 15 is 0 Å². The first-order chi connectivity index (χ1) is 4.97. The average Bonchev–Trinajstić information content (AvgIpc) is 1.86. The van der Waals surface area contributed by atoms with E-state index in [1.165, 1.54) is 0 Å². The van der Waals surface area contributed by atoms with E-state index in [4.69, 9.17) is 5.73 Å². The van der Waals surface area contributed by atoms with Gasteiger partial charge in [0.05, 0.1) is 27.7 Å². The van der Waals surface area contributed by atoms with Crippen molar-refractivity contribution in [2.24, 2.45) is 5.73 Å². The molecule has 0 aromatic rings. The zero-order valence-corrected chi connectivity index (χ0v) is 9.14. The standard InChI is InChI=1S/C6H14N.C3H7N.ClH/c1-5-6-7(2,3)4;1-2-3-4;/h5H,1,6H2,2-4H3;2H,1,3-4H2;1H/q+1;;/p-1. The Hall–Kier alpha value is -0.310. The molecular weight excluding hydrogens is 172 g/mol. The first-order valence-electron chi connectivity index (χ1n) is 3.70. The Kier molecular flexibility index (Phi) is 15.8. The molecule has 0 radical (unpaired) electrons. The number of hydrogen-bond acceptors (Lipinski definition) is 1. The Morgan fingerprint density at radius 3 is 1.50 bits per heavy atom. The molecular formula is C9H21ClN2. The Balaban J connectivity index is -0.000000142. The molecule has 0 heterocycles. The second-order valence-electron chi connectivity index (χ2n) is 3.29. The highest BCUT2D eigenvalue weighted by atomic mass is 35.5. The van der Waals surface area contributed by atoms with Crippen LogP contribution < -0.4 is 18.1 Å². The number of hydrogen-bond donors (Lipinski definition) is 1. The maximum atomic E-state index is 4.91. The maximum Gasteiger partial charge on any atom is 0.0964 e. The van der Waals surface area contributed by atoms with Gasteiger partial charge in [0.15, 0.2) is 0 Å². The van der Waals surface area contributed by atoms with E-state index in [9.17, 15) is 0 Å². The smallest absolute Gasteiger partial charge is 0.0964 e. The van der Waals surface area contributed by atoms with Gasteiger partial charge in [0.25, 0.3) is 0 Å². The summed E-state index contributed by atoms with van der Waals surface area (Å²) in [6, 6.07) is 0. The summed E-state index contributed by atoms with van der Waals surface area (Å²) in [5, 5.41) is 0. The Labute approximate surface area is 82.7 Å². The van der Waals surface area contributed by atoms with Gasteiger partial charge in [-0.25, -0.2) is 0 Å². The summed E-state index contributed by atoms with van der Waals surface area (Å²) in [6.07, 6.45) is 3.58. The number of rotatable bonds is 3. The van der Waals surface area contributed by atoms with Crippen molar-refractivity contribution in [1.82, 2.24) is 0 Å². The molecule has 74 valence electrons. The van der Waals surface area contributed by atoms with Crippen LogP contribution in [0, 0.1) is 0 Å². The van der Waals surface area contributed by atoms with Gasteiger partial charge in [-0.2, -0.15) is 0 Å². The Bertz CT molecular complexity index is 106. The van der Waals surface area contributed by atoms with Crippen LogP contribution in [0.1, 0.15) is 0 Å². The van der Waals surface area contributed by atoms with Crippen LogP contribution in [0.4, 0.5) is 0 Å². The van der Waals surface area contributed by atoms with Gasteiger partial charge in [-0.3, -0.25) is 0 Å². The molecule has 0 spiro atoms. The van der Waals surface area contributed by atoms with Gasteiger partial charge in [-0.05, 0) is 6.08 Å². The second kappa shape index (κ2) is 10.7. The van der Waals surface area contributed by atoms with Crippen LogP contribution in [0.5, 0.6) is 0 Å². The SMILES string of the molecule is C=CCN.C=CC[N+](C)(C)C.[Cl-]. The van der Waals surface area contributed by atoms with Crippen LogP contribution in [0.3, 0.4) is 0 Å². The molecule has 0 unspecified atom stereocenters. The van der Waals surface area contributed by atoms with Crippen molar-refractivity contribution in [3.05, 3.63) is 25.3 Å². The lowest BCUT2D eigenvalue weighted by molar-refractivity contribution is -0.864. The summed E-state index contributed by atoms with van der Waals surface area (Å²) in [5.74, 6) is 0. The molecule has 0 bridgehead atoms. The zero-order valence-electron chi connectivity index (χ0n) is 8.39. The molecule has 0 atom stereocenters. The molecule has 0 amide bonds. The van der Waals surface area contributed by atoms with Crippen LogP contribution in [-0.2, 0) is 0 Å². The summed E-state index contributed by atoms with van der Waals surface area (Å²) >= 11 is 0. The fourth-order valence-electron chi connectivity index (χ4n) is 0.387. The highest BCUT2D eigenvalue weighted by Crippen LogP contribution is 1.86. The number of nitrogens with zero attached hydrogens (tertiary/aromatic N) is 1. The molecule has 0 saturated carbocycles. The maximum absolute atomic E-state index is 4.91. The number of halogens is 1. The third-order valence-electron chi connectivity index (χ3n) is 0.843. The molecule has 0 rings (SSSR count). The third kappa shape index (κ3) is 33.3. The molecule has 0 aromatic heterocycles. The van der Waals surface area contributed by atoms with Gasteiger partial charge in [0.1, 0.15) is 0 Å². The lowest BCUT2D eigenvalue weighted by atomic mass is 10.5. The number of likely N-dealkylation sites (N-methyl/N-ethyl adjacent to an activating group) is 1. The van der Waals surface area contributed by atoms with E-state index < -0.39 is 0 Å². The van der Waals surface area contributed by atoms with Crippen LogP contribution in [0.15, 0.2) is 25.3 Å². The molecule has 0 fully saturated rings. The Morgan fingerprint density at radius 2 is 1.50 bits per heavy atom. The van der Waals surface area contributed by atoms with E-state index in [-0.39, 0.29) is 12.4 Å². The van der Waals surface area contributed by atoms with Crippen LogP contribution >= 0.6 is 0 Å². The fourth-order valence-corrected chi connectivity index (χ4v) is 0.387. The van der Waals surface area contributed by atoms with Crippen molar-refractivity contribution < 1.29 is 16.9 Å². The predicted molar refractivity (Wildman–Crippen MR) is 52.3 cm³/mol. The van der Waals surface area contributed by atoms with Gasteiger partial charge in [-0.15, -0.1) is 6.58 Å². The van der Waals surface area contributed by atoms with Gasteiger partial charge in [0.2, 0.25) is 0 Å². The van der Waals surface area contributed by atoms with E-state index in [0.717, 1.165) is 11.0 Å². The molecule has 0 aromatic carbocycles. The van der Waals surface area contributed by atoms with Crippen LogP contribution in [-0.4, -0.2) is 38.7 Å². The molecule has 2 N–H and O–H groups in total. The summed E-state index contributed by atoms with van der Waals surface area (Å²) < 4.78 is 0.976. The zero-order chi connectivity index (χ0) is 9.33. The number of quaternary nitrogens is 1. The summed E-state index contributed by atoms with van der Waals surface area (Å²) in [6.45, 7) is 8.61. The first-order valence-corrected chi connectivity index (χ1v) is 3.70. The van der Waals surface area contributed by atoms with E-state index in [1.807, 2.05) is 6.08 Å². The van der Waals surface area contributed by atoms with Crippen molar-refractivity contribution in [1.29, 1.82) is 0 Å². The normalized spacial score (nSPS) is 8.67. The molecule has 12 heavy (non-hydrogen) atoms. The minimum absolute atomic E-state index is 0. The summed E-state index contributed by atoms with van der Waals surface area (Å²) in [7, 11) is 6.42.